The number of rotatable bonds is 5. The number of para-hydroxylation sites is 1. The number of amides is 2. The number of nitrogens with zero attached hydrogens (tertiary/aromatic N) is 5. The normalized spacial score (nSPS) is 10.9. The van der Waals surface area contributed by atoms with E-state index in [9.17, 15) is 23.3 Å². The van der Waals surface area contributed by atoms with Crippen molar-refractivity contribution < 1.29 is 22.9 Å². The third-order valence-corrected chi connectivity index (χ3v) is 4.41. The molecule has 13 heteroatoms. The fraction of sp³-hybridized carbons (Fsp3) is 0.0909. The molecule has 0 saturated heterocycles. The Morgan fingerprint density at radius 3 is 2.58 bits per heavy atom. The van der Waals surface area contributed by atoms with E-state index in [1.807, 2.05) is 0 Å². The lowest BCUT2D eigenvalue weighted by Crippen LogP contribution is -2.42. The zero-order chi connectivity index (χ0) is 17.9. The summed E-state index contributed by atoms with van der Waals surface area (Å²) < 4.78 is 30.1. The van der Waals surface area contributed by atoms with Crippen LogP contribution in [-0.4, -0.2) is 41.4 Å². The van der Waals surface area contributed by atoms with Crippen LogP contribution < -0.4 is 14.8 Å². The number of methoxy groups -OCH3 is 1. The lowest BCUT2D eigenvalue weighted by molar-refractivity contribution is -0.387. The Labute approximate surface area is 135 Å². The Morgan fingerprint density at radius 1 is 1.33 bits per heavy atom. The Hall–Kier alpha value is -3.35. The quantitative estimate of drug-likeness (QED) is 0.575. The lowest BCUT2D eigenvalue weighted by atomic mass is 10.3. The summed E-state index contributed by atoms with van der Waals surface area (Å²) in [5.74, 6) is -0.660. The molecule has 0 aliphatic heterocycles. The molecule has 0 aliphatic rings. The van der Waals surface area contributed by atoms with Crippen LogP contribution in [0.25, 0.3) is 0 Å². The molecule has 0 atom stereocenters. The molecule has 1 heterocycles. The number of benzene rings is 1. The maximum absolute atomic E-state index is 12.7. The average Bonchev–Trinajstić information content (AvgIpc) is 2.54. The van der Waals surface area contributed by atoms with E-state index >= 15 is 0 Å². The van der Waals surface area contributed by atoms with Gasteiger partial charge < -0.3 is 10.5 Å². The zero-order valence-corrected chi connectivity index (χ0v) is 12.9. The highest BCUT2D eigenvalue weighted by molar-refractivity contribution is 7.93. The first kappa shape index (κ1) is 17.0. The molecule has 24 heavy (non-hydrogen) atoms. The molecule has 0 fully saturated rings. The number of nitro benzene ring substituents is 1. The molecular formula is C11H10N6O6S. The summed E-state index contributed by atoms with van der Waals surface area (Å²) >= 11 is 0. The second-order valence-electron chi connectivity index (χ2n) is 4.10. The highest BCUT2D eigenvalue weighted by atomic mass is 32.2. The van der Waals surface area contributed by atoms with Gasteiger partial charge in [-0.05, 0) is 6.07 Å². The van der Waals surface area contributed by atoms with Crippen LogP contribution in [0.15, 0.2) is 35.5 Å². The van der Waals surface area contributed by atoms with Gasteiger partial charge >= 0.3 is 12.0 Å². The van der Waals surface area contributed by atoms with Crippen molar-refractivity contribution in [2.75, 3.05) is 11.4 Å². The van der Waals surface area contributed by atoms with E-state index in [-0.39, 0.29) is 10.3 Å². The van der Waals surface area contributed by atoms with Gasteiger partial charge in [0, 0.05) is 6.07 Å². The molecule has 0 unspecified atom stereocenters. The summed E-state index contributed by atoms with van der Waals surface area (Å²) in [6.45, 7) is 0. The van der Waals surface area contributed by atoms with Gasteiger partial charge in [-0.2, -0.15) is 15.0 Å². The smallest absolute Gasteiger partial charge is 0.336 e. The largest absolute Gasteiger partial charge is 0.467 e. The Balaban J connectivity index is 2.67. The van der Waals surface area contributed by atoms with Crippen molar-refractivity contribution in [2.45, 2.75) is 4.90 Å². The minimum atomic E-state index is -4.75. The van der Waals surface area contributed by atoms with Crippen LogP contribution in [0, 0.1) is 10.1 Å². The monoisotopic (exact) mass is 354 g/mol. The molecule has 2 N–H and O–H groups in total. The van der Waals surface area contributed by atoms with Crippen molar-refractivity contribution in [1.29, 1.82) is 0 Å². The van der Waals surface area contributed by atoms with Crippen LogP contribution in [0.4, 0.5) is 16.4 Å². The average molecular weight is 354 g/mol. The number of urea groups is 1. The molecule has 2 amide bonds. The summed E-state index contributed by atoms with van der Waals surface area (Å²) in [7, 11) is -3.53. The number of nitro groups is 1. The van der Waals surface area contributed by atoms with Crippen LogP contribution >= 0.6 is 0 Å². The van der Waals surface area contributed by atoms with Crippen molar-refractivity contribution in [2.24, 2.45) is 5.73 Å². The molecule has 0 bridgehead atoms. The van der Waals surface area contributed by atoms with Crippen molar-refractivity contribution in [3.8, 4) is 6.01 Å². The van der Waals surface area contributed by atoms with Crippen molar-refractivity contribution in [3.05, 3.63) is 40.7 Å². The molecular weight excluding hydrogens is 344 g/mol. The van der Waals surface area contributed by atoms with E-state index in [1.54, 1.807) is 0 Å². The molecule has 0 aliphatic carbocycles. The van der Waals surface area contributed by atoms with Crippen LogP contribution in [0.1, 0.15) is 0 Å². The molecule has 0 spiro atoms. The van der Waals surface area contributed by atoms with Gasteiger partial charge in [-0.25, -0.2) is 13.2 Å². The van der Waals surface area contributed by atoms with Gasteiger partial charge in [-0.15, -0.1) is 4.31 Å². The van der Waals surface area contributed by atoms with E-state index in [0.29, 0.717) is 0 Å². The predicted octanol–water partition coefficient (Wildman–Crippen LogP) is 0.0624. The fourth-order valence-corrected chi connectivity index (χ4v) is 3.11. The van der Waals surface area contributed by atoms with Gasteiger partial charge in [0.25, 0.3) is 21.7 Å². The maximum atomic E-state index is 12.7. The third-order valence-electron chi connectivity index (χ3n) is 2.68. The molecule has 1 aromatic carbocycles. The minimum Gasteiger partial charge on any atom is -0.467 e. The fourth-order valence-electron chi connectivity index (χ4n) is 1.72. The number of carbonyl (C=O) groups is 1. The summed E-state index contributed by atoms with van der Waals surface area (Å²) in [5, 5.41) is 11.0. The number of hydrogen-bond donors (Lipinski definition) is 1. The van der Waals surface area contributed by atoms with Crippen LogP contribution in [0.3, 0.4) is 0 Å². The van der Waals surface area contributed by atoms with Crippen LogP contribution in [-0.2, 0) is 10.0 Å². The van der Waals surface area contributed by atoms with E-state index in [1.165, 1.54) is 19.2 Å². The number of nitrogens with two attached hydrogens (primary N) is 1. The summed E-state index contributed by atoms with van der Waals surface area (Å²) in [4.78, 5) is 31.8. The van der Waals surface area contributed by atoms with Crippen molar-refractivity contribution in [3.63, 3.8) is 0 Å². The van der Waals surface area contributed by atoms with Gasteiger partial charge in [0.05, 0.1) is 12.0 Å². The maximum Gasteiger partial charge on any atom is 0.336 e. The summed E-state index contributed by atoms with van der Waals surface area (Å²) in [6.07, 6.45) is 0.895. The number of sulfonamides is 1. The first-order chi connectivity index (χ1) is 11.3. The van der Waals surface area contributed by atoms with E-state index < -0.39 is 37.5 Å². The Bertz CT molecular complexity index is 901. The molecule has 0 saturated carbocycles. The van der Waals surface area contributed by atoms with Crippen LogP contribution in [0.5, 0.6) is 6.01 Å². The van der Waals surface area contributed by atoms with Crippen LogP contribution in [0.2, 0.25) is 0 Å². The first-order valence-electron chi connectivity index (χ1n) is 6.10. The molecule has 1 aromatic heterocycles. The number of anilines is 1. The van der Waals surface area contributed by atoms with Gasteiger partial charge in [0.2, 0.25) is 0 Å². The first-order valence-corrected chi connectivity index (χ1v) is 7.54. The Kier molecular flexibility index (Phi) is 4.54. The van der Waals surface area contributed by atoms with E-state index in [4.69, 9.17) is 10.5 Å². The molecule has 126 valence electrons. The predicted molar refractivity (Wildman–Crippen MR) is 78.7 cm³/mol. The molecule has 0 radical (unpaired) electrons. The third kappa shape index (κ3) is 3.05. The van der Waals surface area contributed by atoms with Crippen molar-refractivity contribution >= 4 is 27.7 Å². The second kappa shape index (κ2) is 6.41. The highest BCUT2D eigenvalue weighted by Gasteiger charge is 2.37. The van der Waals surface area contributed by atoms with Gasteiger partial charge in [0.15, 0.2) is 4.90 Å². The lowest BCUT2D eigenvalue weighted by Gasteiger charge is -2.18. The van der Waals surface area contributed by atoms with Gasteiger partial charge in [-0.3, -0.25) is 10.1 Å². The standard InChI is InChI=1S/C11H10N6O6S/c1-23-11-14-6-13-10(15-11)16(9(12)18)24(21,22)8-5-3-2-4-7(8)17(19)20/h2-6H,1H3,(H2,12,18). The van der Waals surface area contributed by atoms with Crippen molar-refractivity contribution in [1.82, 2.24) is 15.0 Å². The number of carbonyl (C=O) groups excluding carboxylic acids is 1. The van der Waals surface area contributed by atoms with Gasteiger partial charge in [-0.1, -0.05) is 12.1 Å². The number of aromatic nitrogens is 3. The van der Waals surface area contributed by atoms with Gasteiger partial charge in [0.1, 0.15) is 6.33 Å². The number of primary amides is 1. The number of ether oxygens (including phenoxy) is 1. The highest BCUT2D eigenvalue weighted by Crippen LogP contribution is 2.28. The number of hydrogen-bond acceptors (Lipinski definition) is 9. The zero-order valence-electron chi connectivity index (χ0n) is 12.1. The summed E-state index contributed by atoms with van der Waals surface area (Å²) in [5.41, 5.74) is 4.37. The van der Waals surface area contributed by atoms with E-state index in [2.05, 4.69) is 15.0 Å². The Morgan fingerprint density at radius 2 is 2.00 bits per heavy atom. The molecule has 2 rings (SSSR count). The summed E-state index contributed by atoms with van der Waals surface area (Å²) in [6, 6.07) is 2.73. The topological polar surface area (TPSA) is 172 Å². The second-order valence-corrected chi connectivity index (χ2v) is 5.86. The minimum absolute atomic E-state index is 0.0273. The molecule has 2 aromatic rings. The molecule has 12 nitrogen and oxygen atoms in total. The SMILES string of the molecule is COc1ncnc(N(C(N)=O)S(=O)(=O)c2ccccc2[N+](=O)[O-])n1. The van der Waals surface area contributed by atoms with E-state index in [0.717, 1.165) is 18.5 Å².